The molecule has 2 saturated heterocycles. The summed E-state index contributed by atoms with van der Waals surface area (Å²) in [4.78, 5) is 9.11. The van der Waals surface area contributed by atoms with Gasteiger partial charge in [-0.3, -0.25) is 4.90 Å². The minimum Gasteiger partial charge on any atom is -0.369 e. The van der Waals surface area contributed by atoms with Crippen LogP contribution in [0.1, 0.15) is 40.0 Å². The van der Waals surface area contributed by atoms with Gasteiger partial charge in [0.15, 0.2) is 14.9 Å². The SMILES string of the molecule is CN1[C@H]2CC[C@H]1CN(c1ccc(S(=O)(=O)C(C)(C)C)nc1)CC2. The van der Waals surface area contributed by atoms with Gasteiger partial charge in [0.05, 0.1) is 16.6 Å². The molecule has 5 nitrogen and oxygen atoms in total. The lowest BCUT2D eigenvalue weighted by Gasteiger charge is -2.27. The van der Waals surface area contributed by atoms with Crippen molar-refractivity contribution < 1.29 is 8.42 Å². The van der Waals surface area contributed by atoms with Gasteiger partial charge in [-0.2, -0.15) is 0 Å². The van der Waals surface area contributed by atoms with E-state index in [-0.39, 0.29) is 5.03 Å². The highest BCUT2D eigenvalue weighted by Gasteiger charge is 2.35. The van der Waals surface area contributed by atoms with Crippen LogP contribution >= 0.6 is 0 Å². The predicted molar refractivity (Wildman–Crippen MR) is 92.6 cm³/mol. The van der Waals surface area contributed by atoms with Crippen molar-refractivity contribution in [3.63, 3.8) is 0 Å². The summed E-state index contributed by atoms with van der Waals surface area (Å²) in [5.41, 5.74) is 1.03. The standard InChI is InChI=1S/C17H27N3O2S/c1-17(2,3)23(21,22)16-8-7-14(11-18-16)20-10-9-13-5-6-15(12-20)19(13)4/h7-8,11,13,15H,5-6,9-10,12H2,1-4H3/t13-,15-/m0/s1. The molecule has 2 fully saturated rings. The maximum absolute atomic E-state index is 12.5. The van der Waals surface area contributed by atoms with Gasteiger partial charge in [0.2, 0.25) is 0 Å². The van der Waals surface area contributed by atoms with Crippen molar-refractivity contribution in [1.29, 1.82) is 0 Å². The van der Waals surface area contributed by atoms with Crippen molar-refractivity contribution in [1.82, 2.24) is 9.88 Å². The van der Waals surface area contributed by atoms with Gasteiger partial charge in [-0.25, -0.2) is 13.4 Å². The fourth-order valence-corrected chi connectivity index (χ4v) is 4.64. The lowest BCUT2D eigenvalue weighted by molar-refractivity contribution is 0.254. The zero-order valence-corrected chi connectivity index (χ0v) is 15.3. The number of pyridine rings is 1. The maximum atomic E-state index is 12.5. The Kier molecular flexibility index (Phi) is 4.17. The number of likely N-dealkylation sites (N-methyl/N-ethyl adjacent to an activating group) is 1. The van der Waals surface area contributed by atoms with E-state index in [1.165, 1.54) is 12.8 Å². The van der Waals surface area contributed by atoms with Crippen molar-refractivity contribution >= 4 is 15.5 Å². The van der Waals surface area contributed by atoms with E-state index >= 15 is 0 Å². The van der Waals surface area contributed by atoms with Crippen molar-refractivity contribution in [3.8, 4) is 0 Å². The first-order chi connectivity index (χ1) is 10.7. The number of sulfone groups is 1. The number of anilines is 1. The van der Waals surface area contributed by atoms with Crippen molar-refractivity contribution in [2.24, 2.45) is 0 Å². The summed E-state index contributed by atoms with van der Waals surface area (Å²) in [6, 6.07) is 4.85. The van der Waals surface area contributed by atoms with Gasteiger partial charge in [0.1, 0.15) is 0 Å². The highest BCUT2D eigenvalue weighted by Crippen LogP contribution is 2.31. The van der Waals surface area contributed by atoms with Crippen LogP contribution in [0.25, 0.3) is 0 Å². The summed E-state index contributed by atoms with van der Waals surface area (Å²) in [5.74, 6) is 0. The van der Waals surface area contributed by atoms with E-state index in [4.69, 9.17) is 0 Å². The Hall–Kier alpha value is -1.14. The fourth-order valence-electron chi connectivity index (χ4n) is 3.58. The first-order valence-electron chi connectivity index (χ1n) is 8.38. The van der Waals surface area contributed by atoms with E-state index in [2.05, 4.69) is 21.8 Å². The number of hydrogen-bond donors (Lipinski definition) is 0. The third-order valence-electron chi connectivity index (χ3n) is 5.32. The quantitative estimate of drug-likeness (QED) is 0.829. The summed E-state index contributed by atoms with van der Waals surface area (Å²) in [6.45, 7) is 7.14. The molecule has 0 radical (unpaired) electrons. The lowest BCUT2D eigenvalue weighted by Crippen LogP contribution is -2.36. The van der Waals surface area contributed by atoms with Gasteiger partial charge in [0, 0.05) is 25.2 Å². The van der Waals surface area contributed by atoms with Crippen LogP contribution in [0.15, 0.2) is 23.4 Å². The molecular weight excluding hydrogens is 310 g/mol. The molecule has 1 aromatic heterocycles. The third kappa shape index (κ3) is 2.98. The van der Waals surface area contributed by atoms with Crippen LogP contribution in [0.4, 0.5) is 5.69 Å². The van der Waals surface area contributed by atoms with Crippen LogP contribution < -0.4 is 4.90 Å². The molecule has 0 spiro atoms. The van der Waals surface area contributed by atoms with E-state index in [0.717, 1.165) is 25.2 Å². The van der Waals surface area contributed by atoms with Crippen LogP contribution in [0.3, 0.4) is 0 Å². The maximum Gasteiger partial charge on any atom is 0.200 e. The molecule has 128 valence electrons. The van der Waals surface area contributed by atoms with E-state index in [1.807, 2.05) is 6.07 Å². The molecule has 2 aliphatic heterocycles. The monoisotopic (exact) mass is 337 g/mol. The fraction of sp³-hybridized carbons (Fsp3) is 0.706. The minimum absolute atomic E-state index is 0.169. The van der Waals surface area contributed by atoms with Gasteiger partial charge in [-0.05, 0) is 59.2 Å². The predicted octanol–water partition coefficient (Wildman–Crippen LogP) is 2.33. The van der Waals surface area contributed by atoms with Gasteiger partial charge in [-0.1, -0.05) is 0 Å². The molecule has 3 heterocycles. The average Bonchev–Trinajstić information content (AvgIpc) is 2.71. The zero-order valence-electron chi connectivity index (χ0n) is 14.5. The number of rotatable bonds is 2. The van der Waals surface area contributed by atoms with Crippen molar-refractivity contribution in [2.45, 2.75) is 61.9 Å². The largest absolute Gasteiger partial charge is 0.369 e. The van der Waals surface area contributed by atoms with Gasteiger partial charge in [0.25, 0.3) is 0 Å². The molecule has 6 heteroatoms. The Morgan fingerprint density at radius 3 is 2.43 bits per heavy atom. The van der Waals surface area contributed by atoms with Crippen LogP contribution in [-0.2, 0) is 9.84 Å². The normalized spacial score (nSPS) is 26.3. The number of hydrogen-bond acceptors (Lipinski definition) is 5. The second kappa shape index (κ2) is 5.74. The molecule has 23 heavy (non-hydrogen) atoms. The van der Waals surface area contributed by atoms with Crippen molar-refractivity contribution in [2.75, 3.05) is 25.0 Å². The molecule has 0 saturated carbocycles. The molecule has 2 atom stereocenters. The van der Waals surface area contributed by atoms with Gasteiger partial charge in [-0.15, -0.1) is 0 Å². The molecular formula is C17H27N3O2S. The lowest BCUT2D eigenvalue weighted by atomic mass is 10.1. The molecule has 0 unspecified atom stereocenters. The molecule has 0 aliphatic carbocycles. The Balaban J connectivity index is 1.81. The molecule has 2 aliphatic rings. The van der Waals surface area contributed by atoms with Crippen LogP contribution in [-0.4, -0.2) is 55.3 Å². The highest BCUT2D eigenvalue weighted by atomic mass is 32.2. The van der Waals surface area contributed by atoms with E-state index < -0.39 is 14.6 Å². The second-order valence-corrected chi connectivity index (χ2v) is 10.4. The molecule has 1 aromatic rings. The van der Waals surface area contributed by atoms with Gasteiger partial charge < -0.3 is 4.90 Å². The van der Waals surface area contributed by atoms with Crippen LogP contribution in [0.2, 0.25) is 0 Å². The Morgan fingerprint density at radius 2 is 1.83 bits per heavy atom. The van der Waals surface area contributed by atoms with Gasteiger partial charge >= 0.3 is 0 Å². The van der Waals surface area contributed by atoms with Crippen LogP contribution in [0.5, 0.6) is 0 Å². The summed E-state index contributed by atoms with van der Waals surface area (Å²) < 4.78 is 24.1. The zero-order chi connectivity index (χ0) is 16.8. The Labute approximate surface area is 139 Å². The molecule has 0 aromatic carbocycles. The number of nitrogens with zero attached hydrogens (tertiary/aromatic N) is 3. The summed E-state index contributed by atoms with van der Waals surface area (Å²) in [7, 11) is -1.16. The average molecular weight is 337 g/mol. The van der Waals surface area contributed by atoms with E-state index in [9.17, 15) is 8.42 Å². The second-order valence-electron chi connectivity index (χ2n) is 7.76. The first kappa shape index (κ1) is 16.7. The van der Waals surface area contributed by atoms with E-state index in [0.29, 0.717) is 12.1 Å². The topological polar surface area (TPSA) is 53.5 Å². The first-order valence-corrected chi connectivity index (χ1v) is 9.86. The molecule has 0 N–H and O–H groups in total. The number of fused-ring (bicyclic) bond motifs is 2. The van der Waals surface area contributed by atoms with Crippen LogP contribution in [0, 0.1) is 0 Å². The summed E-state index contributed by atoms with van der Waals surface area (Å²) >= 11 is 0. The summed E-state index contributed by atoms with van der Waals surface area (Å²) in [6.07, 6.45) is 5.43. The third-order valence-corrected chi connectivity index (χ3v) is 7.72. The Bertz CT molecular complexity index is 664. The van der Waals surface area contributed by atoms with E-state index in [1.54, 1.807) is 33.0 Å². The molecule has 2 bridgehead atoms. The summed E-state index contributed by atoms with van der Waals surface area (Å²) in [5, 5.41) is 0.169. The molecule has 3 rings (SSSR count). The smallest absolute Gasteiger partial charge is 0.200 e. The highest BCUT2D eigenvalue weighted by molar-refractivity contribution is 7.92. The molecule has 0 amide bonds. The van der Waals surface area contributed by atoms with Crippen molar-refractivity contribution in [3.05, 3.63) is 18.3 Å². The minimum atomic E-state index is -3.39. The Morgan fingerprint density at radius 1 is 1.13 bits per heavy atom. The number of aromatic nitrogens is 1.